The van der Waals surface area contributed by atoms with Gasteiger partial charge in [0.2, 0.25) is 0 Å². The summed E-state index contributed by atoms with van der Waals surface area (Å²) in [4.78, 5) is 4.69. The van der Waals surface area contributed by atoms with Crippen molar-refractivity contribution >= 4 is 0 Å². The molecule has 1 aliphatic carbocycles. The Hall–Kier alpha value is -0.930. The molecule has 1 aromatic heterocycles. The summed E-state index contributed by atoms with van der Waals surface area (Å²) in [7, 11) is 0. The molecular formula is C18H30N2O. The van der Waals surface area contributed by atoms with Crippen LogP contribution in [0, 0.1) is 11.8 Å². The lowest BCUT2D eigenvalue weighted by molar-refractivity contribution is -0.0168. The van der Waals surface area contributed by atoms with Crippen LogP contribution in [0.15, 0.2) is 18.2 Å². The maximum absolute atomic E-state index is 6.10. The summed E-state index contributed by atoms with van der Waals surface area (Å²) in [5, 5.41) is 3.44. The first kappa shape index (κ1) is 16.4. The standard InChI is InChI=1S/C18H30N2O/c1-14(2)11-19-12-16-8-6-9-17(20-16)13-21-18-10-5-4-7-15(18)3/h6,8-9,14-15,18-19H,4-5,7,10-13H2,1-3H3. The lowest BCUT2D eigenvalue weighted by Crippen LogP contribution is -2.25. The fourth-order valence-corrected chi connectivity index (χ4v) is 2.92. The van der Waals surface area contributed by atoms with Crippen molar-refractivity contribution in [2.75, 3.05) is 6.54 Å². The lowest BCUT2D eigenvalue weighted by atomic mass is 9.88. The Morgan fingerprint density at radius 3 is 2.76 bits per heavy atom. The Bertz CT molecular complexity index is 419. The van der Waals surface area contributed by atoms with Gasteiger partial charge in [-0.05, 0) is 43.4 Å². The number of nitrogens with zero attached hydrogens (tertiary/aromatic N) is 1. The van der Waals surface area contributed by atoms with E-state index in [1.54, 1.807) is 0 Å². The van der Waals surface area contributed by atoms with E-state index in [1.807, 2.05) is 0 Å². The SMILES string of the molecule is CC(C)CNCc1cccc(COC2CCCCC2C)n1. The molecule has 21 heavy (non-hydrogen) atoms. The van der Waals surface area contributed by atoms with Gasteiger partial charge in [0.05, 0.1) is 24.1 Å². The normalized spacial score (nSPS) is 22.7. The molecule has 3 heteroatoms. The Morgan fingerprint density at radius 1 is 1.24 bits per heavy atom. The number of aromatic nitrogens is 1. The third kappa shape index (κ3) is 5.76. The van der Waals surface area contributed by atoms with Crippen LogP contribution >= 0.6 is 0 Å². The van der Waals surface area contributed by atoms with Crippen LogP contribution < -0.4 is 5.32 Å². The van der Waals surface area contributed by atoms with Gasteiger partial charge >= 0.3 is 0 Å². The molecule has 1 fully saturated rings. The minimum Gasteiger partial charge on any atom is -0.372 e. The average molecular weight is 290 g/mol. The van der Waals surface area contributed by atoms with Crippen LogP contribution in [0.1, 0.15) is 57.8 Å². The number of pyridine rings is 1. The average Bonchev–Trinajstić information content (AvgIpc) is 2.46. The highest BCUT2D eigenvalue weighted by atomic mass is 16.5. The molecule has 0 aromatic carbocycles. The second-order valence-corrected chi connectivity index (χ2v) is 6.76. The number of ether oxygens (including phenoxy) is 1. The van der Waals surface area contributed by atoms with Crippen molar-refractivity contribution in [1.82, 2.24) is 10.3 Å². The second kappa shape index (κ2) is 8.50. The van der Waals surface area contributed by atoms with Gasteiger partial charge in [-0.25, -0.2) is 0 Å². The smallest absolute Gasteiger partial charge is 0.0891 e. The molecule has 1 N–H and O–H groups in total. The summed E-state index contributed by atoms with van der Waals surface area (Å²) in [6, 6.07) is 6.24. The monoisotopic (exact) mass is 290 g/mol. The minimum absolute atomic E-state index is 0.420. The summed E-state index contributed by atoms with van der Waals surface area (Å²) in [5.41, 5.74) is 2.16. The highest BCUT2D eigenvalue weighted by molar-refractivity contribution is 5.10. The molecule has 0 spiro atoms. The largest absolute Gasteiger partial charge is 0.372 e. The first-order chi connectivity index (χ1) is 10.1. The zero-order valence-electron chi connectivity index (χ0n) is 13.8. The van der Waals surface area contributed by atoms with E-state index in [9.17, 15) is 0 Å². The van der Waals surface area contributed by atoms with Gasteiger partial charge in [-0.3, -0.25) is 4.98 Å². The van der Waals surface area contributed by atoms with Crippen LogP contribution in [0.25, 0.3) is 0 Å². The van der Waals surface area contributed by atoms with Gasteiger partial charge in [-0.1, -0.05) is 39.7 Å². The molecule has 0 aliphatic heterocycles. The predicted octanol–water partition coefficient (Wildman–Crippen LogP) is 3.92. The van der Waals surface area contributed by atoms with E-state index in [0.717, 1.165) is 24.5 Å². The number of hydrogen-bond acceptors (Lipinski definition) is 3. The number of rotatable bonds is 7. The molecule has 0 bridgehead atoms. The molecule has 2 unspecified atom stereocenters. The third-order valence-corrected chi connectivity index (χ3v) is 4.20. The molecule has 2 rings (SSSR count). The number of nitrogens with one attached hydrogen (secondary N) is 1. The molecule has 3 nitrogen and oxygen atoms in total. The van der Waals surface area contributed by atoms with Gasteiger partial charge in [-0.2, -0.15) is 0 Å². The van der Waals surface area contributed by atoms with Gasteiger partial charge in [-0.15, -0.1) is 0 Å². The van der Waals surface area contributed by atoms with E-state index in [4.69, 9.17) is 9.72 Å². The van der Waals surface area contributed by atoms with Gasteiger partial charge in [0.25, 0.3) is 0 Å². The highest BCUT2D eigenvalue weighted by Gasteiger charge is 2.21. The van der Waals surface area contributed by atoms with Crippen molar-refractivity contribution in [2.24, 2.45) is 11.8 Å². The van der Waals surface area contributed by atoms with Gasteiger partial charge in [0.15, 0.2) is 0 Å². The van der Waals surface area contributed by atoms with Crippen LogP contribution in [-0.2, 0) is 17.9 Å². The van der Waals surface area contributed by atoms with E-state index in [-0.39, 0.29) is 0 Å². The van der Waals surface area contributed by atoms with E-state index < -0.39 is 0 Å². The highest BCUT2D eigenvalue weighted by Crippen LogP contribution is 2.26. The topological polar surface area (TPSA) is 34.1 Å². The summed E-state index contributed by atoms with van der Waals surface area (Å²) >= 11 is 0. The fourth-order valence-electron chi connectivity index (χ4n) is 2.92. The van der Waals surface area contributed by atoms with E-state index in [1.165, 1.54) is 25.7 Å². The Labute approximate surface area is 129 Å². The minimum atomic E-state index is 0.420. The van der Waals surface area contributed by atoms with Crippen LogP contribution in [0.5, 0.6) is 0 Å². The molecule has 0 saturated heterocycles. The van der Waals surface area contributed by atoms with E-state index in [0.29, 0.717) is 24.5 Å². The maximum Gasteiger partial charge on any atom is 0.0891 e. The molecule has 1 aromatic rings. The third-order valence-electron chi connectivity index (χ3n) is 4.20. The van der Waals surface area contributed by atoms with Crippen molar-refractivity contribution in [2.45, 2.75) is 65.7 Å². The van der Waals surface area contributed by atoms with E-state index in [2.05, 4.69) is 44.3 Å². The Kier molecular flexibility index (Phi) is 6.65. The summed E-state index contributed by atoms with van der Waals surface area (Å²) in [6.07, 6.45) is 5.59. The zero-order chi connectivity index (χ0) is 15.1. The molecule has 1 heterocycles. The van der Waals surface area contributed by atoms with Gasteiger partial charge < -0.3 is 10.1 Å². The predicted molar refractivity (Wildman–Crippen MR) is 87.0 cm³/mol. The second-order valence-electron chi connectivity index (χ2n) is 6.76. The van der Waals surface area contributed by atoms with Gasteiger partial charge in [0, 0.05) is 6.54 Å². The number of hydrogen-bond donors (Lipinski definition) is 1. The molecular weight excluding hydrogens is 260 g/mol. The summed E-state index contributed by atoms with van der Waals surface area (Å²) in [6.45, 7) is 9.26. The van der Waals surface area contributed by atoms with Crippen LogP contribution in [0.3, 0.4) is 0 Å². The Balaban J connectivity index is 1.80. The zero-order valence-corrected chi connectivity index (χ0v) is 13.8. The quantitative estimate of drug-likeness (QED) is 0.826. The van der Waals surface area contributed by atoms with Crippen LogP contribution in [0.4, 0.5) is 0 Å². The van der Waals surface area contributed by atoms with E-state index >= 15 is 0 Å². The molecule has 0 radical (unpaired) electrons. The van der Waals surface area contributed by atoms with Crippen molar-refractivity contribution in [3.05, 3.63) is 29.6 Å². The first-order valence-electron chi connectivity index (χ1n) is 8.42. The van der Waals surface area contributed by atoms with Crippen molar-refractivity contribution in [3.63, 3.8) is 0 Å². The van der Waals surface area contributed by atoms with Crippen LogP contribution in [-0.4, -0.2) is 17.6 Å². The molecule has 1 aliphatic rings. The summed E-state index contributed by atoms with van der Waals surface area (Å²) in [5.74, 6) is 1.36. The van der Waals surface area contributed by atoms with Gasteiger partial charge in [0.1, 0.15) is 0 Å². The first-order valence-corrected chi connectivity index (χ1v) is 8.42. The Morgan fingerprint density at radius 2 is 2.00 bits per heavy atom. The van der Waals surface area contributed by atoms with Crippen molar-refractivity contribution in [1.29, 1.82) is 0 Å². The van der Waals surface area contributed by atoms with Crippen LogP contribution in [0.2, 0.25) is 0 Å². The molecule has 118 valence electrons. The lowest BCUT2D eigenvalue weighted by Gasteiger charge is -2.28. The van der Waals surface area contributed by atoms with Crippen molar-refractivity contribution in [3.8, 4) is 0 Å². The fraction of sp³-hybridized carbons (Fsp3) is 0.722. The molecule has 2 atom stereocenters. The molecule has 0 amide bonds. The molecule has 1 saturated carbocycles. The van der Waals surface area contributed by atoms with Crippen molar-refractivity contribution < 1.29 is 4.74 Å². The maximum atomic E-state index is 6.10. The summed E-state index contributed by atoms with van der Waals surface area (Å²) < 4.78 is 6.10.